The van der Waals surface area contributed by atoms with Crippen LogP contribution in [0.1, 0.15) is 50.3 Å². The van der Waals surface area contributed by atoms with Gasteiger partial charge in [-0.15, -0.1) is 47.5 Å². The average molecular weight is 726 g/mol. The van der Waals surface area contributed by atoms with Crippen LogP contribution < -0.4 is 4.58 Å². The quantitative estimate of drug-likeness (QED) is 0.131. The molecule has 0 fully saturated rings. The summed E-state index contributed by atoms with van der Waals surface area (Å²) >= 11 is 0. The Morgan fingerprint density at radius 3 is 2.31 bits per heavy atom. The van der Waals surface area contributed by atoms with Crippen molar-refractivity contribution in [3.63, 3.8) is 0 Å². The van der Waals surface area contributed by atoms with Crippen molar-refractivity contribution in [1.29, 1.82) is 0 Å². The van der Waals surface area contributed by atoms with Crippen LogP contribution in [0, 0.1) is 19.1 Å². The standard InChI is InChI=1S/C26H25N2.C12H10N.Ir/c1-4-5-17-27-18-28(23-15-9-8-14-22(23)27)24-16-10-12-20-19-11-6-7-13-21(19)26(2,3)25(20)24;1-10-7-8-12(13-9-10)11-5-3-2-4-6-11;/h6-15H,4-5,17H2,1-3H3;2-5,7-9H,1H3;/q+1;-1;. The maximum absolute atomic E-state index is 4.32. The summed E-state index contributed by atoms with van der Waals surface area (Å²) in [6.07, 6.45) is 4.20. The molecule has 5 aromatic rings. The van der Waals surface area contributed by atoms with Crippen molar-refractivity contribution < 1.29 is 24.7 Å². The summed E-state index contributed by atoms with van der Waals surface area (Å²) in [5.74, 6) is 0. The fourth-order valence-electron chi connectivity index (χ4n) is 5.86. The van der Waals surface area contributed by atoms with Crippen molar-refractivity contribution in [1.82, 2.24) is 9.56 Å². The number of fused-ring (bicyclic) bond motifs is 4. The average Bonchev–Trinajstić information content (AvgIpc) is 3.50. The zero-order chi connectivity index (χ0) is 28.4. The molecule has 42 heavy (non-hydrogen) atoms. The molecule has 7 rings (SSSR count). The maximum atomic E-state index is 4.32. The summed E-state index contributed by atoms with van der Waals surface area (Å²) in [5.41, 5.74) is 12.1. The van der Waals surface area contributed by atoms with Crippen molar-refractivity contribution in [3.05, 3.63) is 132 Å². The van der Waals surface area contributed by atoms with Gasteiger partial charge in [-0.2, -0.15) is 12.1 Å². The maximum Gasteiger partial charge on any atom is 0.494 e. The third kappa shape index (κ3) is 5.46. The van der Waals surface area contributed by atoms with Crippen molar-refractivity contribution in [2.75, 3.05) is 6.54 Å². The van der Waals surface area contributed by atoms with E-state index in [9.17, 15) is 0 Å². The molecule has 2 aliphatic rings. The smallest absolute Gasteiger partial charge is 0.304 e. The van der Waals surface area contributed by atoms with Gasteiger partial charge in [0.05, 0.1) is 0 Å². The number of rotatable bonds is 5. The third-order valence-electron chi connectivity index (χ3n) is 7.98. The summed E-state index contributed by atoms with van der Waals surface area (Å²) in [6, 6.07) is 43.9. The Bertz CT molecular complexity index is 1780. The molecule has 4 aromatic carbocycles. The van der Waals surface area contributed by atoms with Crippen LogP contribution in [0.2, 0.25) is 0 Å². The van der Waals surface area contributed by atoms with Gasteiger partial charge < -0.3 is 4.98 Å². The molecule has 1 radical (unpaired) electrons. The first-order valence-corrected chi connectivity index (χ1v) is 14.5. The normalized spacial score (nSPS) is 13.4. The summed E-state index contributed by atoms with van der Waals surface area (Å²) < 4.78 is 4.48. The number of nitrogens with zero attached hydrogens (tertiary/aromatic N) is 3. The van der Waals surface area contributed by atoms with Crippen LogP contribution in [-0.2, 0) is 25.5 Å². The second-order valence-corrected chi connectivity index (χ2v) is 11.2. The van der Waals surface area contributed by atoms with Crippen LogP contribution in [0.25, 0.3) is 22.4 Å². The number of hydrogen-bond donors (Lipinski definition) is 0. The molecule has 1 aliphatic carbocycles. The van der Waals surface area contributed by atoms with Crippen molar-refractivity contribution in [2.24, 2.45) is 0 Å². The third-order valence-corrected chi connectivity index (χ3v) is 7.98. The van der Waals surface area contributed by atoms with Gasteiger partial charge in [-0.1, -0.05) is 90.4 Å². The largest absolute Gasteiger partial charge is 0.494 e. The molecule has 1 aliphatic heterocycles. The minimum Gasteiger partial charge on any atom is -0.304 e. The summed E-state index contributed by atoms with van der Waals surface area (Å²) in [6.45, 7) is 9.91. The Labute approximate surface area is 263 Å². The zero-order valence-electron chi connectivity index (χ0n) is 24.6. The van der Waals surface area contributed by atoms with Crippen LogP contribution in [0.5, 0.6) is 0 Å². The van der Waals surface area contributed by atoms with Gasteiger partial charge in [-0.25, -0.2) is 0 Å². The molecule has 0 spiro atoms. The topological polar surface area (TPSA) is 18.9 Å². The zero-order valence-corrected chi connectivity index (χ0v) is 27.0. The number of para-hydroxylation sites is 2. The molecule has 0 saturated carbocycles. The molecule has 211 valence electrons. The van der Waals surface area contributed by atoms with E-state index < -0.39 is 0 Å². The van der Waals surface area contributed by atoms with Crippen molar-refractivity contribution in [3.8, 4) is 22.4 Å². The first-order chi connectivity index (χ1) is 20.0. The minimum absolute atomic E-state index is 0. The number of hydrogen-bond acceptors (Lipinski definition) is 1. The van der Waals surface area contributed by atoms with E-state index in [1.165, 1.54) is 45.6 Å². The van der Waals surface area contributed by atoms with E-state index in [-0.39, 0.29) is 25.5 Å². The molecular weight excluding hydrogens is 691 g/mol. The van der Waals surface area contributed by atoms with E-state index in [1.807, 2.05) is 43.5 Å². The van der Waals surface area contributed by atoms with Gasteiger partial charge in [0.15, 0.2) is 6.54 Å². The van der Waals surface area contributed by atoms with Crippen LogP contribution in [-0.4, -0.2) is 22.1 Å². The SMILES string of the molecule is CCCC[N+]1=C=[N+](c2[c-]ccc3c2C(C)(C)c2ccccc2-3)c2ccccc21.Cc1ccc(-c2[c-]cccc2)nc1.[Ir]. The van der Waals surface area contributed by atoms with Gasteiger partial charge in [-0.05, 0) is 34.7 Å². The number of pyridine rings is 1. The Kier molecular flexibility index (Phi) is 8.80. The van der Waals surface area contributed by atoms with E-state index in [0.717, 1.165) is 29.9 Å². The van der Waals surface area contributed by atoms with Crippen molar-refractivity contribution >= 4 is 23.1 Å². The van der Waals surface area contributed by atoms with Gasteiger partial charge in [0.1, 0.15) is 5.69 Å². The number of unbranched alkanes of at least 4 members (excludes halogenated alkanes) is 1. The molecule has 0 unspecified atom stereocenters. The number of aromatic nitrogens is 1. The molecule has 2 heterocycles. The molecule has 0 amide bonds. The van der Waals surface area contributed by atoms with E-state index in [1.54, 1.807) is 0 Å². The Morgan fingerprint density at radius 2 is 1.57 bits per heavy atom. The number of benzene rings is 4. The fourth-order valence-corrected chi connectivity index (χ4v) is 5.86. The molecule has 0 saturated heterocycles. The predicted octanol–water partition coefficient (Wildman–Crippen LogP) is 9.11. The second-order valence-electron chi connectivity index (χ2n) is 11.2. The Hall–Kier alpha value is -3.94. The van der Waals surface area contributed by atoms with Crippen LogP contribution >= 0.6 is 0 Å². The minimum atomic E-state index is -0.0630. The molecule has 0 bridgehead atoms. The molecule has 0 N–H and O–H groups in total. The Balaban J connectivity index is 0.000000212. The predicted molar refractivity (Wildman–Crippen MR) is 169 cm³/mol. The number of aryl methyl sites for hydroxylation is 1. The van der Waals surface area contributed by atoms with Gasteiger partial charge in [-0.3, -0.25) is 0 Å². The van der Waals surface area contributed by atoms with Crippen molar-refractivity contribution in [2.45, 2.75) is 46.0 Å². The van der Waals surface area contributed by atoms with Gasteiger partial charge in [0, 0.05) is 44.9 Å². The van der Waals surface area contributed by atoms with E-state index in [4.69, 9.17) is 0 Å². The molecule has 4 heteroatoms. The van der Waals surface area contributed by atoms with Crippen LogP contribution in [0.15, 0.2) is 103 Å². The van der Waals surface area contributed by atoms with Crippen LogP contribution in [0.4, 0.5) is 17.1 Å². The fraction of sp³-hybridized carbons (Fsp3) is 0.211. The van der Waals surface area contributed by atoms with E-state index in [0.29, 0.717) is 0 Å². The first-order valence-electron chi connectivity index (χ1n) is 14.5. The molecule has 3 nitrogen and oxygen atoms in total. The second kappa shape index (κ2) is 12.5. The molecular formula is C38H35IrN3. The molecule has 1 aromatic heterocycles. The van der Waals surface area contributed by atoms with Gasteiger partial charge >= 0.3 is 6.01 Å². The molecule has 0 atom stereocenters. The first kappa shape index (κ1) is 29.5. The van der Waals surface area contributed by atoms with E-state index in [2.05, 4.69) is 120 Å². The summed E-state index contributed by atoms with van der Waals surface area (Å²) in [4.78, 5) is 4.32. The monoisotopic (exact) mass is 726 g/mol. The Morgan fingerprint density at radius 1 is 0.810 bits per heavy atom. The van der Waals surface area contributed by atoms with E-state index >= 15 is 0 Å². The van der Waals surface area contributed by atoms with Crippen LogP contribution in [0.3, 0.4) is 0 Å². The van der Waals surface area contributed by atoms with Gasteiger partial charge in [0.25, 0.3) is 11.4 Å². The summed E-state index contributed by atoms with van der Waals surface area (Å²) in [7, 11) is 0. The summed E-state index contributed by atoms with van der Waals surface area (Å²) in [5, 5.41) is 0. The van der Waals surface area contributed by atoms with Gasteiger partial charge in [0.2, 0.25) is 0 Å².